The van der Waals surface area contributed by atoms with Crippen molar-refractivity contribution < 1.29 is 15.0 Å². The monoisotopic (exact) mass is 283 g/mol. The van der Waals surface area contributed by atoms with Crippen molar-refractivity contribution in [2.75, 3.05) is 0 Å². The number of phenolic OH excluding ortho intramolecular Hbond substituents is 1. The van der Waals surface area contributed by atoms with Gasteiger partial charge in [0.05, 0.1) is 17.7 Å². The van der Waals surface area contributed by atoms with Gasteiger partial charge in [-0.2, -0.15) is 0 Å². The van der Waals surface area contributed by atoms with Gasteiger partial charge >= 0.3 is 0 Å². The molecule has 0 radical (unpaired) electrons. The second-order valence-corrected chi connectivity index (χ2v) is 5.39. The van der Waals surface area contributed by atoms with Gasteiger partial charge in [-0.25, -0.2) is 0 Å². The molecule has 0 heterocycles. The maximum Gasteiger partial charge on any atom is 0.255 e. The summed E-state index contributed by atoms with van der Waals surface area (Å²) in [4.78, 5) is 12.3. The second kappa shape index (κ2) is 5.22. The van der Waals surface area contributed by atoms with Crippen LogP contribution in [0.15, 0.2) is 42.5 Å². The second-order valence-electron chi connectivity index (χ2n) is 5.39. The number of hydrogen-bond donors (Lipinski definition) is 3. The first-order chi connectivity index (χ1) is 10.1. The van der Waals surface area contributed by atoms with Gasteiger partial charge in [-0.15, -0.1) is 0 Å². The minimum Gasteiger partial charge on any atom is -0.507 e. The number of amides is 1. The molecule has 0 spiro atoms. The number of nitrogens with one attached hydrogen (secondary N) is 1. The third kappa shape index (κ3) is 2.38. The molecule has 0 aliphatic heterocycles. The van der Waals surface area contributed by atoms with E-state index < -0.39 is 12.1 Å². The molecular formula is C17H17NO3. The predicted octanol–water partition coefficient (Wildman–Crippen LogP) is 2.09. The van der Waals surface area contributed by atoms with E-state index in [-0.39, 0.29) is 17.2 Å². The quantitative estimate of drug-likeness (QED) is 0.790. The maximum atomic E-state index is 12.3. The molecule has 2 aromatic carbocycles. The number of carbonyl (C=O) groups excluding carboxylic acids is 1. The highest BCUT2D eigenvalue weighted by atomic mass is 16.3. The van der Waals surface area contributed by atoms with E-state index >= 15 is 0 Å². The van der Waals surface area contributed by atoms with Crippen molar-refractivity contribution in [1.29, 1.82) is 0 Å². The number of fused-ring (bicyclic) bond motifs is 1. The fraction of sp³-hybridized carbons (Fsp3) is 0.235. The molecule has 2 aromatic rings. The summed E-state index contributed by atoms with van der Waals surface area (Å²) in [5, 5.41) is 23.0. The molecule has 4 nitrogen and oxygen atoms in total. The van der Waals surface area contributed by atoms with E-state index in [1.165, 1.54) is 0 Å². The molecule has 108 valence electrons. The summed E-state index contributed by atoms with van der Waals surface area (Å²) in [5.74, 6) is -0.396. The number of aliphatic hydroxyl groups excluding tert-OH is 1. The SMILES string of the molecule is Cc1cccc(C(=O)NC2c3ccccc3CC2O)c1O. The van der Waals surface area contributed by atoms with Crippen molar-refractivity contribution in [3.63, 3.8) is 0 Å². The molecule has 1 aliphatic carbocycles. The molecule has 21 heavy (non-hydrogen) atoms. The molecule has 1 amide bonds. The van der Waals surface area contributed by atoms with Crippen LogP contribution in [0, 0.1) is 6.92 Å². The van der Waals surface area contributed by atoms with Crippen LogP contribution in [0.2, 0.25) is 0 Å². The van der Waals surface area contributed by atoms with Crippen molar-refractivity contribution in [3.8, 4) is 5.75 Å². The zero-order valence-corrected chi connectivity index (χ0v) is 11.7. The van der Waals surface area contributed by atoms with E-state index in [0.717, 1.165) is 11.1 Å². The predicted molar refractivity (Wildman–Crippen MR) is 79.2 cm³/mol. The Morgan fingerprint density at radius 1 is 1.19 bits per heavy atom. The number of rotatable bonds is 2. The summed E-state index contributed by atoms with van der Waals surface area (Å²) in [7, 11) is 0. The molecule has 0 saturated carbocycles. The molecule has 0 aromatic heterocycles. The number of phenols is 1. The fourth-order valence-electron chi connectivity index (χ4n) is 2.81. The summed E-state index contributed by atoms with van der Waals surface area (Å²) in [6.07, 6.45) is -0.112. The third-order valence-electron chi connectivity index (χ3n) is 3.97. The van der Waals surface area contributed by atoms with Crippen LogP contribution < -0.4 is 5.32 Å². The largest absolute Gasteiger partial charge is 0.507 e. The highest BCUT2D eigenvalue weighted by Crippen LogP contribution is 2.32. The lowest BCUT2D eigenvalue weighted by Crippen LogP contribution is -2.33. The van der Waals surface area contributed by atoms with Crippen LogP contribution in [-0.2, 0) is 6.42 Å². The number of aliphatic hydroxyl groups is 1. The Kier molecular flexibility index (Phi) is 3.39. The average molecular weight is 283 g/mol. The molecule has 0 bridgehead atoms. The lowest BCUT2D eigenvalue weighted by Gasteiger charge is -2.18. The standard InChI is InChI=1S/C17H17NO3/c1-10-5-4-8-13(16(10)20)17(21)18-15-12-7-3-2-6-11(12)9-14(15)19/h2-8,14-15,19-20H,9H2,1H3,(H,18,21). The first-order valence-corrected chi connectivity index (χ1v) is 6.93. The molecular weight excluding hydrogens is 266 g/mol. The first kappa shape index (κ1) is 13.6. The summed E-state index contributed by atoms with van der Waals surface area (Å²) in [6.45, 7) is 1.74. The van der Waals surface area contributed by atoms with Gasteiger partial charge in [-0.05, 0) is 29.7 Å². The van der Waals surface area contributed by atoms with E-state index in [1.54, 1.807) is 25.1 Å². The van der Waals surface area contributed by atoms with E-state index in [2.05, 4.69) is 5.32 Å². The third-order valence-corrected chi connectivity index (χ3v) is 3.97. The van der Waals surface area contributed by atoms with Crippen LogP contribution in [0.4, 0.5) is 0 Å². The van der Waals surface area contributed by atoms with Crippen LogP contribution in [-0.4, -0.2) is 22.2 Å². The number of carbonyl (C=O) groups is 1. The van der Waals surface area contributed by atoms with Crippen molar-refractivity contribution in [3.05, 3.63) is 64.7 Å². The summed E-state index contributed by atoms with van der Waals surface area (Å²) in [5.41, 5.74) is 2.86. The van der Waals surface area contributed by atoms with Crippen LogP contribution in [0.5, 0.6) is 5.75 Å². The Bertz CT molecular complexity index is 696. The van der Waals surface area contributed by atoms with E-state index in [4.69, 9.17) is 0 Å². The highest BCUT2D eigenvalue weighted by molar-refractivity contribution is 5.97. The normalized spacial score (nSPS) is 20.1. The number of hydrogen-bond acceptors (Lipinski definition) is 3. The van der Waals surface area contributed by atoms with Gasteiger partial charge in [0.15, 0.2) is 0 Å². The Hall–Kier alpha value is -2.33. The molecule has 2 unspecified atom stereocenters. The topological polar surface area (TPSA) is 69.6 Å². The van der Waals surface area contributed by atoms with Gasteiger partial charge in [0.2, 0.25) is 0 Å². The molecule has 0 saturated heterocycles. The van der Waals surface area contributed by atoms with Crippen LogP contribution in [0.3, 0.4) is 0 Å². The number of para-hydroxylation sites is 1. The number of aromatic hydroxyl groups is 1. The average Bonchev–Trinajstić information content (AvgIpc) is 2.78. The van der Waals surface area contributed by atoms with Gasteiger partial charge in [0.25, 0.3) is 5.91 Å². The zero-order valence-electron chi connectivity index (χ0n) is 11.7. The maximum absolute atomic E-state index is 12.3. The van der Waals surface area contributed by atoms with E-state index in [0.29, 0.717) is 12.0 Å². The Morgan fingerprint density at radius 3 is 2.76 bits per heavy atom. The lowest BCUT2D eigenvalue weighted by atomic mass is 10.1. The lowest BCUT2D eigenvalue weighted by molar-refractivity contribution is 0.0855. The van der Waals surface area contributed by atoms with Gasteiger partial charge in [0, 0.05) is 6.42 Å². The minimum atomic E-state index is -0.640. The smallest absolute Gasteiger partial charge is 0.255 e. The highest BCUT2D eigenvalue weighted by Gasteiger charge is 2.32. The zero-order chi connectivity index (χ0) is 15.0. The van der Waals surface area contributed by atoms with Crippen molar-refractivity contribution in [2.24, 2.45) is 0 Å². The van der Waals surface area contributed by atoms with E-state index in [1.807, 2.05) is 24.3 Å². The van der Waals surface area contributed by atoms with Crippen molar-refractivity contribution in [1.82, 2.24) is 5.32 Å². The van der Waals surface area contributed by atoms with E-state index in [9.17, 15) is 15.0 Å². The molecule has 3 rings (SSSR count). The minimum absolute atomic E-state index is 0.0178. The van der Waals surface area contributed by atoms with Gasteiger partial charge in [-0.3, -0.25) is 4.79 Å². The summed E-state index contributed by atoms with van der Waals surface area (Å²) in [6, 6.07) is 12.3. The van der Waals surface area contributed by atoms with Crippen molar-refractivity contribution >= 4 is 5.91 Å². The van der Waals surface area contributed by atoms with Crippen LogP contribution in [0.25, 0.3) is 0 Å². The molecule has 4 heteroatoms. The molecule has 2 atom stereocenters. The first-order valence-electron chi connectivity index (χ1n) is 6.93. The fourth-order valence-corrected chi connectivity index (χ4v) is 2.81. The Morgan fingerprint density at radius 2 is 1.95 bits per heavy atom. The molecule has 1 aliphatic rings. The molecule has 3 N–H and O–H groups in total. The number of aryl methyl sites for hydroxylation is 1. The van der Waals surface area contributed by atoms with Gasteiger partial charge in [0.1, 0.15) is 5.75 Å². The van der Waals surface area contributed by atoms with Crippen molar-refractivity contribution in [2.45, 2.75) is 25.5 Å². The van der Waals surface area contributed by atoms with Crippen LogP contribution >= 0.6 is 0 Å². The Labute approximate surface area is 123 Å². The van der Waals surface area contributed by atoms with Gasteiger partial charge in [-0.1, -0.05) is 36.4 Å². The summed E-state index contributed by atoms with van der Waals surface area (Å²) >= 11 is 0. The van der Waals surface area contributed by atoms with Crippen LogP contribution in [0.1, 0.15) is 33.1 Å². The van der Waals surface area contributed by atoms with Gasteiger partial charge < -0.3 is 15.5 Å². The Balaban J connectivity index is 1.87. The summed E-state index contributed by atoms with van der Waals surface area (Å²) < 4.78 is 0. The molecule has 0 fully saturated rings. The number of benzene rings is 2.